The lowest BCUT2D eigenvalue weighted by Crippen LogP contribution is -2.43. The van der Waals surface area contributed by atoms with Crippen LogP contribution in [-0.2, 0) is 6.54 Å². The van der Waals surface area contributed by atoms with Crippen LogP contribution in [0.5, 0.6) is 0 Å². The van der Waals surface area contributed by atoms with E-state index in [1.807, 2.05) is 12.1 Å². The van der Waals surface area contributed by atoms with Gasteiger partial charge in [-0.1, -0.05) is 42.5 Å². The van der Waals surface area contributed by atoms with Crippen LogP contribution < -0.4 is 0 Å². The number of hydrogen-bond donors (Lipinski definition) is 0. The minimum absolute atomic E-state index is 1.07. The SMILES string of the molecule is Cc1c[c]ccc1-c1ccc(CN2CCN(C)CC2)cc1. The summed E-state index contributed by atoms with van der Waals surface area (Å²) >= 11 is 0. The zero-order valence-corrected chi connectivity index (χ0v) is 13.0. The van der Waals surface area contributed by atoms with Crippen LogP contribution in [0.3, 0.4) is 0 Å². The Morgan fingerprint density at radius 3 is 2.38 bits per heavy atom. The standard InChI is InChI=1S/C19H23N2/c1-16-5-3-4-6-19(16)18-9-7-17(8-10-18)15-21-13-11-20(2)12-14-21/h4-10H,11-15H2,1-2H3. The molecular weight excluding hydrogens is 256 g/mol. The molecule has 21 heavy (non-hydrogen) atoms. The molecule has 2 nitrogen and oxygen atoms in total. The van der Waals surface area contributed by atoms with Crippen LogP contribution in [-0.4, -0.2) is 43.0 Å². The maximum atomic E-state index is 3.13. The number of likely N-dealkylation sites (N-methyl/N-ethyl adjacent to an activating group) is 1. The van der Waals surface area contributed by atoms with Crippen LogP contribution in [0.1, 0.15) is 11.1 Å². The molecule has 1 aliphatic rings. The fraction of sp³-hybridized carbons (Fsp3) is 0.368. The van der Waals surface area contributed by atoms with Crippen molar-refractivity contribution in [1.82, 2.24) is 9.80 Å². The highest BCUT2D eigenvalue weighted by Gasteiger charge is 2.13. The Balaban J connectivity index is 1.68. The topological polar surface area (TPSA) is 6.48 Å². The summed E-state index contributed by atoms with van der Waals surface area (Å²) < 4.78 is 0. The molecule has 1 aliphatic heterocycles. The Bertz CT molecular complexity index is 581. The van der Waals surface area contributed by atoms with E-state index < -0.39 is 0 Å². The van der Waals surface area contributed by atoms with Crippen LogP contribution in [0.2, 0.25) is 0 Å². The van der Waals surface area contributed by atoms with Crippen LogP contribution >= 0.6 is 0 Å². The van der Waals surface area contributed by atoms with Gasteiger partial charge in [0.25, 0.3) is 0 Å². The Morgan fingerprint density at radius 2 is 1.71 bits per heavy atom. The van der Waals surface area contributed by atoms with E-state index in [1.165, 1.54) is 48.4 Å². The third-order valence-electron chi connectivity index (χ3n) is 4.34. The molecule has 2 aromatic carbocycles. The minimum Gasteiger partial charge on any atom is -0.304 e. The summed E-state index contributed by atoms with van der Waals surface area (Å²) in [5.74, 6) is 0. The van der Waals surface area contributed by atoms with Crippen molar-refractivity contribution in [3.63, 3.8) is 0 Å². The lowest BCUT2D eigenvalue weighted by atomic mass is 9.99. The van der Waals surface area contributed by atoms with E-state index in [0.29, 0.717) is 0 Å². The molecule has 109 valence electrons. The smallest absolute Gasteiger partial charge is 0.0234 e. The van der Waals surface area contributed by atoms with Gasteiger partial charge in [0.1, 0.15) is 0 Å². The van der Waals surface area contributed by atoms with Gasteiger partial charge in [-0.15, -0.1) is 0 Å². The van der Waals surface area contributed by atoms with Crippen molar-refractivity contribution in [1.29, 1.82) is 0 Å². The molecular formula is C19H23N2. The maximum absolute atomic E-state index is 3.13. The molecule has 1 fully saturated rings. The summed E-state index contributed by atoms with van der Waals surface area (Å²) in [5, 5.41) is 0. The van der Waals surface area contributed by atoms with Crippen molar-refractivity contribution in [3.8, 4) is 11.1 Å². The predicted molar refractivity (Wildman–Crippen MR) is 88.2 cm³/mol. The first kappa shape index (κ1) is 14.3. The van der Waals surface area contributed by atoms with E-state index in [1.54, 1.807) is 0 Å². The van der Waals surface area contributed by atoms with Crippen molar-refractivity contribution in [2.45, 2.75) is 13.5 Å². The summed E-state index contributed by atoms with van der Waals surface area (Å²) in [6.07, 6.45) is 0. The van der Waals surface area contributed by atoms with Gasteiger partial charge in [0.2, 0.25) is 0 Å². The molecule has 0 N–H and O–H groups in total. The summed E-state index contributed by atoms with van der Waals surface area (Å²) in [4.78, 5) is 4.94. The van der Waals surface area contributed by atoms with Gasteiger partial charge in [-0.2, -0.15) is 0 Å². The molecule has 0 atom stereocenters. The molecule has 0 saturated carbocycles. The molecule has 0 spiro atoms. The zero-order valence-electron chi connectivity index (χ0n) is 13.0. The van der Waals surface area contributed by atoms with Gasteiger partial charge >= 0.3 is 0 Å². The second kappa shape index (κ2) is 6.42. The fourth-order valence-electron chi connectivity index (χ4n) is 2.89. The highest BCUT2D eigenvalue weighted by molar-refractivity contribution is 5.67. The number of nitrogens with zero attached hydrogens (tertiary/aromatic N) is 2. The quantitative estimate of drug-likeness (QED) is 0.851. The fourth-order valence-corrected chi connectivity index (χ4v) is 2.89. The summed E-state index contributed by atoms with van der Waals surface area (Å²) in [7, 11) is 2.20. The van der Waals surface area contributed by atoms with Gasteiger partial charge in [0, 0.05) is 32.7 Å². The van der Waals surface area contributed by atoms with E-state index in [2.05, 4.69) is 60.2 Å². The van der Waals surface area contributed by atoms with Crippen molar-refractivity contribution in [2.75, 3.05) is 33.2 Å². The first-order valence-electron chi connectivity index (χ1n) is 7.69. The van der Waals surface area contributed by atoms with E-state index in [4.69, 9.17) is 0 Å². The van der Waals surface area contributed by atoms with Gasteiger partial charge in [0.05, 0.1) is 0 Å². The number of aryl methyl sites for hydroxylation is 1. The van der Waals surface area contributed by atoms with Gasteiger partial charge in [-0.25, -0.2) is 0 Å². The highest BCUT2D eigenvalue weighted by Crippen LogP contribution is 2.23. The molecule has 3 rings (SSSR count). The molecule has 0 aliphatic carbocycles. The van der Waals surface area contributed by atoms with E-state index in [-0.39, 0.29) is 0 Å². The Hall–Kier alpha value is -1.64. The van der Waals surface area contributed by atoms with Crippen molar-refractivity contribution < 1.29 is 0 Å². The Labute approximate surface area is 128 Å². The van der Waals surface area contributed by atoms with Gasteiger partial charge in [0.15, 0.2) is 0 Å². The summed E-state index contributed by atoms with van der Waals surface area (Å²) in [5.41, 5.74) is 5.29. The number of piperazine rings is 1. The normalized spacial score (nSPS) is 17.0. The van der Waals surface area contributed by atoms with E-state index >= 15 is 0 Å². The van der Waals surface area contributed by atoms with Crippen LogP contribution in [0.4, 0.5) is 0 Å². The van der Waals surface area contributed by atoms with Gasteiger partial charge in [-0.05, 0) is 42.3 Å². The zero-order chi connectivity index (χ0) is 14.7. The number of benzene rings is 2. The van der Waals surface area contributed by atoms with Gasteiger partial charge < -0.3 is 4.90 Å². The van der Waals surface area contributed by atoms with Crippen molar-refractivity contribution in [2.24, 2.45) is 0 Å². The molecule has 2 aromatic rings. The molecule has 0 aromatic heterocycles. The third kappa shape index (κ3) is 3.52. The second-order valence-corrected chi connectivity index (χ2v) is 6.02. The molecule has 0 unspecified atom stereocenters. The molecule has 1 heterocycles. The molecule has 0 amide bonds. The first-order chi connectivity index (χ1) is 10.2. The lowest BCUT2D eigenvalue weighted by Gasteiger charge is -2.32. The monoisotopic (exact) mass is 279 g/mol. The average Bonchev–Trinajstić information content (AvgIpc) is 2.51. The summed E-state index contributed by atoms with van der Waals surface area (Å²) in [6, 6.07) is 18.3. The van der Waals surface area contributed by atoms with Crippen molar-refractivity contribution in [3.05, 3.63) is 59.7 Å². The first-order valence-corrected chi connectivity index (χ1v) is 7.69. The third-order valence-corrected chi connectivity index (χ3v) is 4.34. The van der Waals surface area contributed by atoms with Crippen LogP contribution in [0.25, 0.3) is 11.1 Å². The minimum atomic E-state index is 1.07. The average molecular weight is 279 g/mol. The second-order valence-electron chi connectivity index (χ2n) is 6.02. The largest absolute Gasteiger partial charge is 0.304 e. The van der Waals surface area contributed by atoms with Crippen LogP contribution in [0, 0.1) is 13.0 Å². The van der Waals surface area contributed by atoms with Crippen molar-refractivity contribution >= 4 is 0 Å². The Morgan fingerprint density at radius 1 is 1.00 bits per heavy atom. The number of rotatable bonds is 3. The van der Waals surface area contributed by atoms with E-state index in [9.17, 15) is 0 Å². The Kier molecular flexibility index (Phi) is 4.37. The molecule has 2 heteroatoms. The molecule has 0 bridgehead atoms. The van der Waals surface area contributed by atoms with Gasteiger partial charge in [-0.3, -0.25) is 4.90 Å². The maximum Gasteiger partial charge on any atom is 0.0234 e. The molecule has 1 radical (unpaired) electrons. The molecule has 1 saturated heterocycles. The lowest BCUT2D eigenvalue weighted by molar-refractivity contribution is 0.148. The number of hydrogen-bond acceptors (Lipinski definition) is 2. The van der Waals surface area contributed by atoms with E-state index in [0.717, 1.165) is 6.54 Å². The highest BCUT2D eigenvalue weighted by atomic mass is 15.2. The summed E-state index contributed by atoms with van der Waals surface area (Å²) in [6.45, 7) is 7.91. The predicted octanol–water partition coefficient (Wildman–Crippen LogP) is 3.21. The van der Waals surface area contributed by atoms with Crippen LogP contribution in [0.15, 0.2) is 42.5 Å².